The maximum atomic E-state index is 12.6. The number of pyridine rings is 1. The summed E-state index contributed by atoms with van der Waals surface area (Å²) >= 11 is 0. The Morgan fingerprint density at radius 2 is 1.91 bits per heavy atom. The molecule has 6 nitrogen and oxygen atoms in total. The van der Waals surface area contributed by atoms with Gasteiger partial charge in [0, 0.05) is 37.4 Å². The average molecular weight is 310 g/mol. The van der Waals surface area contributed by atoms with Crippen molar-refractivity contribution in [2.75, 3.05) is 23.8 Å². The monoisotopic (exact) mass is 310 g/mol. The number of anilines is 2. The zero-order valence-corrected chi connectivity index (χ0v) is 12.8. The number of hydrogen-bond acceptors (Lipinski definition) is 3. The fourth-order valence-corrected chi connectivity index (χ4v) is 2.68. The van der Waals surface area contributed by atoms with Crippen LogP contribution in [0.15, 0.2) is 54.9 Å². The number of urea groups is 1. The van der Waals surface area contributed by atoms with Gasteiger partial charge in [0.25, 0.3) is 0 Å². The largest absolute Gasteiger partial charge is 0.322 e. The molecule has 2 heterocycles. The molecule has 1 N–H and O–H groups in total. The van der Waals surface area contributed by atoms with E-state index >= 15 is 0 Å². The Morgan fingerprint density at radius 3 is 2.61 bits per heavy atom. The third-order valence-corrected chi connectivity index (χ3v) is 3.96. The van der Waals surface area contributed by atoms with E-state index < -0.39 is 6.04 Å². The van der Waals surface area contributed by atoms with Gasteiger partial charge in [-0.25, -0.2) is 4.79 Å². The van der Waals surface area contributed by atoms with Gasteiger partial charge in [0.05, 0.1) is 0 Å². The molecular formula is C17H18N4O2. The summed E-state index contributed by atoms with van der Waals surface area (Å²) in [7, 11) is 1.65. The van der Waals surface area contributed by atoms with E-state index in [1.165, 1.54) is 4.90 Å². The zero-order chi connectivity index (χ0) is 16.2. The van der Waals surface area contributed by atoms with Crippen molar-refractivity contribution < 1.29 is 9.59 Å². The van der Waals surface area contributed by atoms with E-state index in [1.54, 1.807) is 36.5 Å². The molecule has 23 heavy (non-hydrogen) atoms. The summed E-state index contributed by atoms with van der Waals surface area (Å²) in [5, 5.41) is 2.77. The highest BCUT2D eigenvalue weighted by atomic mass is 16.2. The van der Waals surface area contributed by atoms with Gasteiger partial charge in [-0.05, 0) is 30.7 Å². The quantitative estimate of drug-likeness (QED) is 0.946. The number of nitrogens with one attached hydrogen (secondary N) is 1. The normalized spacial score (nSPS) is 17.2. The van der Waals surface area contributed by atoms with Crippen molar-refractivity contribution in [3.8, 4) is 0 Å². The second-order valence-corrected chi connectivity index (χ2v) is 5.41. The fourth-order valence-electron chi connectivity index (χ4n) is 2.68. The van der Waals surface area contributed by atoms with Gasteiger partial charge in [-0.15, -0.1) is 0 Å². The lowest BCUT2D eigenvalue weighted by atomic mass is 10.2. The molecule has 1 fully saturated rings. The second kappa shape index (κ2) is 6.48. The average Bonchev–Trinajstić information content (AvgIpc) is 2.97. The highest BCUT2D eigenvalue weighted by Gasteiger charge is 2.37. The highest BCUT2D eigenvalue weighted by Crippen LogP contribution is 2.24. The van der Waals surface area contributed by atoms with Crippen LogP contribution in [-0.2, 0) is 4.79 Å². The van der Waals surface area contributed by atoms with Crippen LogP contribution in [0.4, 0.5) is 16.2 Å². The van der Waals surface area contributed by atoms with E-state index in [0.717, 1.165) is 5.69 Å². The standard InChI is InChI=1S/C17H18N4O2/c1-20(17(23)19-13-7-10-18-11-8-13)15-9-12-21(16(15)22)14-5-3-2-4-6-14/h2-8,10-11,15H,9,12H2,1H3,(H,18,19,23). The minimum atomic E-state index is -0.447. The molecule has 1 aliphatic rings. The van der Waals surface area contributed by atoms with Crippen LogP contribution >= 0.6 is 0 Å². The topological polar surface area (TPSA) is 65.5 Å². The maximum absolute atomic E-state index is 12.6. The van der Waals surface area contributed by atoms with E-state index in [4.69, 9.17) is 0 Å². The van der Waals surface area contributed by atoms with E-state index in [9.17, 15) is 9.59 Å². The van der Waals surface area contributed by atoms with Crippen molar-refractivity contribution in [1.82, 2.24) is 9.88 Å². The summed E-state index contributed by atoms with van der Waals surface area (Å²) in [6, 6.07) is 12.2. The number of para-hydroxylation sites is 1. The summed E-state index contributed by atoms with van der Waals surface area (Å²) in [4.78, 5) is 32.0. The minimum Gasteiger partial charge on any atom is -0.315 e. The molecular weight excluding hydrogens is 292 g/mol. The predicted octanol–water partition coefficient (Wildman–Crippen LogP) is 2.35. The summed E-state index contributed by atoms with van der Waals surface area (Å²) < 4.78 is 0. The van der Waals surface area contributed by atoms with Gasteiger partial charge in [0.2, 0.25) is 5.91 Å². The molecule has 1 atom stereocenters. The van der Waals surface area contributed by atoms with E-state index in [2.05, 4.69) is 10.3 Å². The number of likely N-dealkylation sites (N-methyl/N-ethyl adjacent to an activating group) is 1. The minimum absolute atomic E-state index is 0.0522. The van der Waals surface area contributed by atoms with E-state index in [-0.39, 0.29) is 11.9 Å². The van der Waals surface area contributed by atoms with Crippen molar-refractivity contribution in [2.45, 2.75) is 12.5 Å². The SMILES string of the molecule is CN(C(=O)Nc1ccncc1)C1CCN(c2ccccc2)C1=O. The highest BCUT2D eigenvalue weighted by molar-refractivity contribution is 6.02. The second-order valence-electron chi connectivity index (χ2n) is 5.41. The first kappa shape index (κ1) is 15.0. The van der Waals surface area contributed by atoms with Crippen molar-refractivity contribution in [3.63, 3.8) is 0 Å². The van der Waals surface area contributed by atoms with Crippen LogP contribution in [0.5, 0.6) is 0 Å². The van der Waals surface area contributed by atoms with Gasteiger partial charge in [0.1, 0.15) is 6.04 Å². The summed E-state index contributed by atoms with van der Waals surface area (Å²) in [6.45, 7) is 0.611. The molecule has 6 heteroatoms. The van der Waals surface area contributed by atoms with Crippen molar-refractivity contribution in [3.05, 3.63) is 54.9 Å². The molecule has 0 aliphatic carbocycles. The lowest BCUT2D eigenvalue weighted by Gasteiger charge is -2.24. The van der Waals surface area contributed by atoms with Gasteiger partial charge in [0.15, 0.2) is 0 Å². The van der Waals surface area contributed by atoms with Gasteiger partial charge in [-0.2, -0.15) is 0 Å². The number of nitrogens with zero attached hydrogens (tertiary/aromatic N) is 3. The molecule has 1 saturated heterocycles. The molecule has 0 bridgehead atoms. The molecule has 3 amide bonds. The Hall–Kier alpha value is -2.89. The van der Waals surface area contributed by atoms with E-state index in [1.807, 2.05) is 30.3 Å². The Labute approximate surface area is 134 Å². The number of rotatable bonds is 3. The fraction of sp³-hybridized carbons (Fsp3) is 0.235. The van der Waals surface area contributed by atoms with E-state index in [0.29, 0.717) is 18.7 Å². The number of carbonyl (C=O) groups excluding carboxylic acids is 2. The van der Waals surface area contributed by atoms with Crippen LogP contribution in [0.25, 0.3) is 0 Å². The summed E-state index contributed by atoms with van der Waals surface area (Å²) in [6.07, 6.45) is 3.83. The first-order chi connectivity index (χ1) is 11.2. The number of carbonyl (C=O) groups is 2. The Balaban J connectivity index is 1.67. The Kier molecular flexibility index (Phi) is 4.23. The molecule has 1 aromatic carbocycles. The molecule has 1 unspecified atom stereocenters. The first-order valence-corrected chi connectivity index (χ1v) is 7.47. The zero-order valence-electron chi connectivity index (χ0n) is 12.8. The summed E-state index contributed by atoms with van der Waals surface area (Å²) in [5.41, 5.74) is 1.52. The van der Waals surface area contributed by atoms with Crippen molar-refractivity contribution in [1.29, 1.82) is 0 Å². The number of benzene rings is 1. The van der Waals surface area contributed by atoms with Crippen molar-refractivity contribution >= 4 is 23.3 Å². The number of amides is 3. The van der Waals surface area contributed by atoms with Crippen molar-refractivity contribution in [2.24, 2.45) is 0 Å². The lowest BCUT2D eigenvalue weighted by Crippen LogP contribution is -2.44. The van der Waals surface area contributed by atoms with Crippen LogP contribution < -0.4 is 10.2 Å². The smallest absolute Gasteiger partial charge is 0.315 e. The van der Waals surface area contributed by atoms with Gasteiger partial charge in [-0.1, -0.05) is 18.2 Å². The number of hydrogen-bond donors (Lipinski definition) is 1. The molecule has 2 aromatic rings. The van der Waals surface area contributed by atoms with Gasteiger partial charge in [-0.3, -0.25) is 9.78 Å². The van der Waals surface area contributed by atoms with Gasteiger partial charge < -0.3 is 15.1 Å². The molecule has 1 aromatic heterocycles. The Morgan fingerprint density at radius 1 is 1.22 bits per heavy atom. The van der Waals surface area contributed by atoms with Crippen LogP contribution in [0.2, 0.25) is 0 Å². The number of aromatic nitrogens is 1. The van der Waals surface area contributed by atoms with Gasteiger partial charge >= 0.3 is 6.03 Å². The predicted molar refractivity (Wildman–Crippen MR) is 88.2 cm³/mol. The van der Waals surface area contributed by atoms with Crippen LogP contribution in [0, 0.1) is 0 Å². The third-order valence-electron chi connectivity index (χ3n) is 3.96. The molecule has 0 saturated carbocycles. The maximum Gasteiger partial charge on any atom is 0.322 e. The Bertz CT molecular complexity index is 690. The molecule has 0 spiro atoms. The molecule has 118 valence electrons. The molecule has 3 rings (SSSR count). The molecule has 1 aliphatic heterocycles. The van der Waals surface area contributed by atoms with Crippen LogP contribution in [-0.4, -0.2) is 41.5 Å². The van der Waals surface area contributed by atoms with Crippen LogP contribution in [0.1, 0.15) is 6.42 Å². The first-order valence-electron chi connectivity index (χ1n) is 7.47. The third kappa shape index (κ3) is 3.15. The summed E-state index contributed by atoms with van der Waals surface area (Å²) in [5.74, 6) is -0.0522. The lowest BCUT2D eigenvalue weighted by molar-refractivity contribution is -0.120. The molecule has 0 radical (unpaired) electrons. The van der Waals surface area contributed by atoms with Crippen LogP contribution in [0.3, 0.4) is 0 Å².